The van der Waals surface area contributed by atoms with E-state index in [0.717, 1.165) is 6.07 Å². The second-order valence-corrected chi connectivity index (χ2v) is 7.01. The Morgan fingerprint density at radius 2 is 1.68 bits per heavy atom. The number of benzene rings is 2. The van der Waals surface area contributed by atoms with Crippen LogP contribution < -0.4 is 18.9 Å². The first-order valence-corrected chi connectivity index (χ1v) is 9.13. The van der Waals surface area contributed by atoms with Gasteiger partial charge < -0.3 is 24.4 Å². The highest BCUT2D eigenvalue weighted by Gasteiger charge is 2.21. The largest absolute Gasteiger partial charge is 0.493 e. The first-order valence-electron chi connectivity index (χ1n) is 7.64. The third kappa shape index (κ3) is 4.82. The van der Waals surface area contributed by atoms with E-state index in [0.29, 0.717) is 0 Å². The number of carboxylic acids is 2. The Morgan fingerprint density at radius 1 is 1.04 bits per heavy atom. The van der Waals surface area contributed by atoms with Crippen molar-refractivity contribution in [3.05, 3.63) is 42.0 Å². The highest BCUT2D eigenvalue weighted by molar-refractivity contribution is 7.92. The smallest absolute Gasteiger partial charge is 0.341 e. The molecular weight excluding hydrogens is 394 g/mol. The molecule has 11 heteroatoms. The molecule has 0 saturated heterocycles. The van der Waals surface area contributed by atoms with Crippen LogP contribution in [-0.4, -0.2) is 51.4 Å². The van der Waals surface area contributed by atoms with Gasteiger partial charge in [0.1, 0.15) is 5.75 Å². The van der Waals surface area contributed by atoms with Crippen LogP contribution in [0.2, 0.25) is 0 Å². The predicted molar refractivity (Wildman–Crippen MR) is 96.9 cm³/mol. The maximum absolute atomic E-state index is 12.6. The van der Waals surface area contributed by atoms with Crippen LogP contribution in [-0.2, 0) is 14.8 Å². The molecule has 0 amide bonds. The summed E-state index contributed by atoms with van der Waals surface area (Å²) < 4.78 is 42.7. The number of aliphatic carboxylic acids is 1. The lowest BCUT2D eigenvalue weighted by Gasteiger charge is -2.16. The van der Waals surface area contributed by atoms with E-state index < -0.39 is 28.6 Å². The van der Waals surface area contributed by atoms with Gasteiger partial charge in [-0.25, -0.2) is 18.0 Å². The fourth-order valence-electron chi connectivity index (χ4n) is 2.23. The molecule has 0 heterocycles. The summed E-state index contributed by atoms with van der Waals surface area (Å²) in [6.45, 7) is -0.566. The van der Waals surface area contributed by atoms with Crippen LogP contribution in [0.5, 0.6) is 17.2 Å². The first-order chi connectivity index (χ1) is 13.2. The number of carbonyl (C=O) groups is 2. The van der Waals surface area contributed by atoms with E-state index >= 15 is 0 Å². The molecular formula is C17H17NO9S. The second-order valence-electron chi connectivity index (χ2n) is 5.32. The summed E-state index contributed by atoms with van der Waals surface area (Å²) in [5.41, 5.74) is -0.321. The summed E-state index contributed by atoms with van der Waals surface area (Å²) in [5.74, 6) is -2.22. The fraction of sp³-hybridized carbons (Fsp3) is 0.176. The van der Waals surface area contributed by atoms with Gasteiger partial charge in [-0.05, 0) is 36.4 Å². The molecule has 2 aromatic carbocycles. The number of aromatic carboxylic acids is 1. The summed E-state index contributed by atoms with van der Waals surface area (Å²) in [6, 6.07) is 7.32. The summed E-state index contributed by atoms with van der Waals surface area (Å²) in [6.07, 6.45) is 0. The summed E-state index contributed by atoms with van der Waals surface area (Å²) in [5, 5.41) is 17.8. The highest BCUT2D eigenvalue weighted by Crippen LogP contribution is 2.37. The van der Waals surface area contributed by atoms with Gasteiger partial charge in [0.15, 0.2) is 18.1 Å². The van der Waals surface area contributed by atoms with E-state index in [1.165, 1.54) is 44.6 Å². The molecule has 2 rings (SSSR count). The molecule has 2 aromatic rings. The van der Waals surface area contributed by atoms with Crippen molar-refractivity contribution in [2.45, 2.75) is 4.90 Å². The van der Waals surface area contributed by atoms with Crippen LogP contribution in [0.25, 0.3) is 0 Å². The van der Waals surface area contributed by atoms with Crippen molar-refractivity contribution < 1.29 is 42.4 Å². The Labute approximate surface area is 160 Å². The molecule has 3 N–H and O–H groups in total. The summed E-state index contributed by atoms with van der Waals surface area (Å²) in [4.78, 5) is 21.6. The van der Waals surface area contributed by atoms with E-state index in [1.807, 2.05) is 0 Å². The van der Waals surface area contributed by atoms with Crippen molar-refractivity contribution in [2.24, 2.45) is 0 Å². The average molecular weight is 411 g/mol. The minimum Gasteiger partial charge on any atom is -0.493 e. The van der Waals surface area contributed by atoms with Gasteiger partial charge in [0.25, 0.3) is 10.0 Å². The van der Waals surface area contributed by atoms with Crippen LogP contribution in [0, 0.1) is 0 Å². The molecule has 0 unspecified atom stereocenters. The molecule has 0 aromatic heterocycles. The zero-order chi connectivity index (χ0) is 20.9. The zero-order valence-electron chi connectivity index (χ0n) is 14.8. The normalized spacial score (nSPS) is 10.8. The molecule has 0 fully saturated rings. The monoisotopic (exact) mass is 411 g/mol. The minimum atomic E-state index is -4.11. The maximum atomic E-state index is 12.6. The van der Waals surface area contributed by atoms with E-state index in [1.54, 1.807) is 0 Å². The average Bonchev–Trinajstić information content (AvgIpc) is 2.65. The number of nitrogens with one attached hydrogen (secondary N) is 1. The summed E-state index contributed by atoms with van der Waals surface area (Å²) in [7, 11) is -1.54. The maximum Gasteiger partial charge on any atom is 0.341 e. The molecule has 0 atom stereocenters. The van der Waals surface area contributed by atoms with Gasteiger partial charge in [0.05, 0.1) is 30.4 Å². The second kappa shape index (κ2) is 8.48. The number of rotatable bonds is 9. The van der Waals surface area contributed by atoms with E-state index in [2.05, 4.69) is 4.72 Å². The van der Waals surface area contributed by atoms with Gasteiger partial charge in [-0.1, -0.05) is 0 Å². The Kier molecular flexibility index (Phi) is 6.31. The lowest BCUT2D eigenvalue weighted by Crippen LogP contribution is -2.15. The van der Waals surface area contributed by atoms with Crippen LogP contribution in [0.15, 0.2) is 41.3 Å². The topological polar surface area (TPSA) is 148 Å². The molecule has 0 bridgehead atoms. The molecule has 0 aliphatic carbocycles. The number of carboxylic acid groups (broad SMARTS) is 2. The zero-order valence-corrected chi connectivity index (χ0v) is 15.6. The third-order valence-corrected chi connectivity index (χ3v) is 4.85. The molecule has 0 radical (unpaired) electrons. The fourth-order valence-corrected chi connectivity index (χ4v) is 3.28. The van der Waals surface area contributed by atoms with E-state index in [4.69, 9.17) is 19.3 Å². The van der Waals surface area contributed by atoms with Crippen molar-refractivity contribution in [3.63, 3.8) is 0 Å². The molecule has 0 spiro atoms. The number of anilines is 1. The quantitative estimate of drug-likeness (QED) is 0.560. The number of hydrogen-bond acceptors (Lipinski definition) is 7. The van der Waals surface area contributed by atoms with Crippen LogP contribution in [0.4, 0.5) is 5.69 Å². The number of sulfonamides is 1. The van der Waals surface area contributed by atoms with Crippen LogP contribution in [0.3, 0.4) is 0 Å². The Morgan fingerprint density at radius 3 is 2.18 bits per heavy atom. The predicted octanol–water partition coefficient (Wildman–Crippen LogP) is 1.67. The van der Waals surface area contributed by atoms with Gasteiger partial charge in [-0.15, -0.1) is 0 Å². The highest BCUT2D eigenvalue weighted by atomic mass is 32.2. The van der Waals surface area contributed by atoms with Crippen LogP contribution >= 0.6 is 0 Å². The van der Waals surface area contributed by atoms with Crippen molar-refractivity contribution in [2.75, 3.05) is 25.5 Å². The molecule has 150 valence electrons. The van der Waals surface area contributed by atoms with E-state index in [-0.39, 0.29) is 33.4 Å². The van der Waals surface area contributed by atoms with Crippen LogP contribution in [0.1, 0.15) is 10.4 Å². The lowest BCUT2D eigenvalue weighted by atomic mass is 10.1. The molecule has 10 nitrogen and oxygen atoms in total. The third-order valence-electron chi connectivity index (χ3n) is 3.47. The minimum absolute atomic E-state index is 0.0116. The van der Waals surface area contributed by atoms with Gasteiger partial charge in [0, 0.05) is 0 Å². The lowest BCUT2D eigenvalue weighted by molar-refractivity contribution is -0.139. The Balaban J connectivity index is 2.36. The number of methoxy groups -OCH3 is 2. The molecule has 28 heavy (non-hydrogen) atoms. The standard InChI is InChI=1S/C17H17NO9S/c1-25-14-8-10(17(21)22)7-13(16(14)26-2)18-28(23,24)12-5-3-11(4-6-12)27-9-15(19)20/h3-8,18H,9H2,1-2H3,(H,19,20)(H,21,22). The number of ether oxygens (including phenoxy) is 3. The Hall–Kier alpha value is -3.47. The first kappa shape index (κ1) is 20.8. The van der Waals surface area contributed by atoms with Gasteiger partial charge >= 0.3 is 11.9 Å². The van der Waals surface area contributed by atoms with Crippen molar-refractivity contribution >= 4 is 27.6 Å². The van der Waals surface area contributed by atoms with Crippen molar-refractivity contribution in [1.29, 1.82) is 0 Å². The molecule has 0 saturated carbocycles. The number of hydrogen-bond donors (Lipinski definition) is 3. The van der Waals surface area contributed by atoms with E-state index in [9.17, 15) is 23.1 Å². The molecule has 0 aliphatic rings. The van der Waals surface area contributed by atoms with Gasteiger partial charge in [-0.3, -0.25) is 4.72 Å². The van der Waals surface area contributed by atoms with Crippen molar-refractivity contribution in [1.82, 2.24) is 0 Å². The van der Waals surface area contributed by atoms with Crippen molar-refractivity contribution in [3.8, 4) is 17.2 Å². The van der Waals surface area contributed by atoms with Gasteiger partial charge in [-0.2, -0.15) is 0 Å². The molecule has 0 aliphatic heterocycles. The van der Waals surface area contributed by atoms with Gasteiger partial charge in [0.2, 0.25) is 0 Å². The SMILES string of the molecule is COc1cc(C(=O)O)cc(NS(=O)(=O)c2ccc(OCC(=O)O)cc2)c1OC. The Bertz CT molecular complexity index is 984. The summed E-state index contributed by atoms with van der Waals surface area (Å²) >= 11 is 0.